The third-order valence-corrected chi connectivity index (χ3v) is 4.48. The third-order valence-electron chi connectivity index (χ3n) is 4.48. The van der Waals surface area contributed by atoms with E-state index in [4.69, 9.17) is 13.7 Å². The molecule has 1 fully saturated rings. The van der Waals surface area contributed by atoms with E-state index in [1.807, 2.05) is 6.07 Å². The summed E-state index contributed by atoms with van der Waals surface area (Å²) in [6.07, 6.45) is 3.38. The van der Waals surface area contributed by atoms with E-state index in [9.17, 15) is 4.39 Å². The van der Waals surface area contributed by atoms with Crippen LogP contribution >= 0.6 is 0 Å². The molecule has 0 saturated heterocycles. The van der Waals surface area contributed by atoms with Gasteiger partial charge in [-0.3, -0.25) is 0 Å². The topological polar surface area (TPSA) is 87.1 Å². The lowest BCUT2D eigenvalue weighted by atomic mass is 10.1. The molecule has 8 heteroatoms. The molecule has 27 heavy (non-hydrogen) atoms. The molecule has 0 N–H and O–H groups in total. The molecule has 0 spiro atoms. The molecular formula is C19H15FN4O3. The number of halogens is 1. The minimum atomic E-state index is -0.481. The molecule has 1 saturated carbocycles. The average molecular weight is 366 g/mol. The number of aromatic nitrogens is 4. The maximum atomic E-state index is 13.0. The first-order valence-electron chi connectivity index (χ1n) is 8.68. The number of pyridine rings is 1. The van der Waals surface area contributed by atoms with Crippen LogP contribution in [0.1, 0.15) is 43.4 Å². The molecule has 136 valence electrons. The van der Waals surface area contributed by atoms with Crippen molar-refractivity contribution >= 4 is 11.1 Å². The summed E-state index contributed by atoms with van der Waals surface area (Å²) in [6, 6.07) is 7.67. The van der Waals surface area contributed by atoms with Crippen molar-refractivity contribution < 1.29 is 18.1 Å². The molecule has 1 aliphatic carbocycles. The fraction of sp³-hybridized carbons (Fsp3) is 0.263. The monoisotopic (exact) mass is 366 g/mol. The molecule has 1 atom stereocenters. The number of hydrogen-bond donors (Lipinski definition) is 0. The van der Waals surface area contributed by atoms with Gasteiger partial charge in [-0.25, -0.2) is 9.37 Å². The molecule has 0 radical (unpaired) electrons. The SMILES string of the molecule is C[C@H](Oc1ccc(F)cc1)c1nnc(-c2cnc3onc(C4CC4)c3c2)o1. The molecule has 7 nitrogen and oxygen atoms in total. The summed E-state index contributed by atoms with van der Waals surface area (Å²) in [5, 5.41) is 13.2. The van der Waals surface area contributed by atoms with Gasteiger partial charge in [0, 0.05) is 12.1 Å². The van der Waals surface area contributed by atoms with Crippen molar-refractivity contribution in [3.63, 3.8) is 0 Å². The Morgan fingerprint density at radius 2 is 2.00 bits per heavy atom. The van der Waals surface area contributed by atoms with Crippen molar-refractivity contribution in [3.05, 3.63) is 53.9 Å². The fourth-order valence-electron chi connectivity index (χ4n) is 2.90. The Hall–Kier alpha value is -3.29. The number of hydrogen-bond acceptors (Lipinski definition) is 7. The van der Waals surface area contributed by atoms with Crippen LogP contribution in [-0.4, -0.2) is 20.3 Å². The molecule has 0 amide bonds. The molecular weight excluding hydrogens is 351 g/mol. The first-order valence-corrected chi connectivity index (χ1v) is 8.68. The van der Waals surface area contributed by atoms with Crippen LogP contribution in [0.15, 0.2) is 45.5 Å². The van der Waals surface area contributed by atoms with Crippen molar-refractivity contribution in [2.45, 2.75) is 31.8 Å². The lowest BCUT2D eigenvalue weighted by molar-refractivity contribution is 0.189. The van der Waals surface area contributed by atoms with Gasteiger partial charge in [-0.1, -0.05) is 5.16 Å². The molecule has 0 aliphatic heterocycles. The van der Waals surface area contributed by atoms with E-state index in [2.05, 4.69) is 20.3 Å². The first-order chi connectivity index (χ1) is 13.2. The summed E-state index contributed by atoms with van der Waals surface area (Å²) in [5.74, 6) is 1.31. The van der Waals surface area contributed by atoms with Crippen LogP contribution < -0.4 is 4.74 Å². The minimum Gasteiger partial charge on any atom is -0.481 e. The smallest absolute Gasteiger partial charge is 0.257 e. The normalized spacial score (nSPS) is 15.2. The van der Waals surface area contributed by atoms with E-state index in [1.54, 1.807) is 25.3 Å². The molecule has 1 aliphatic rings. The van der Waals surface area contributed by atoms with Crippen LogP contribution in [0.4, 0.5) is 4.39 Å². The van der Waals surface area contributed by atoms with Crippen LogP contribution in [0.2, 0.25) is 0 Å². The summed E-state index contributed by atoms with van der Waals surface area (Å²) < 4.78 is 29.8. The van der Waals surface area contributed by atoms with Crippen molar-refractivity contribution in [1.82, 2.24) is 20.3 Å². The van der Waals surface area contributed by atoms with Crippen LogP contribution in [0.25, 0.3) is 22.6 Å². The Kier molecular flexibility index (Phi) is 3.63. The van der Waals surface area contributed by atoms with Gasteiger partial charge in [0.1, 0.15) is 11.6 Å². The Morgan fingerprint density at radius 3 is 2.78 bits per heavy atom. The zero-order valence-electron chi connectivity index (χ0n) is 14.4. The van der Waals surface area contributed by atoms with Crippen molar-refractivity contribution in [2.24, 2.45) is 0 Å². The zero-order chi connectivity index (χ0) is 18.4. The highest BCUT2D eigenvalue weighted by Gasteiger charge is 2.29. The highest BCUT2D eigenvalue weighted by atomic mass is 19.1. The number of fused-ring (bicyclic) bond motifs is 1. The Morgan fingerprint density at radius 1 is 1.19 bits per heavy atom. The number of benzene rings is 1. The number of rotatable bonds is 5. The van der Waals surface area contributed by atoms with Gasteiger partial charge < -0.3 is 13.7 Å². The lowest BCUT2D eigenvalue weighted by Gasteiger charge is -2.10. The summed E-state index contributed by atoms with van der Waals surface area (Å²) in [5.41, 5.74) is 2.14. The van der Waals surface area contributed by atoms with Crippen LogP contribution in [0.3, 0.4) is 0 Å². The predicted molar refractivity (Wildman–Crippen MR) is 92.5 cm³/mol. The van der Waals surface area contributed by atoms with E-state index < -0.39 is 6.10 Å². The largest absolute Gasteiger partial charge is 0.481 e. The van der Waals surface area contributed by atoms with E-state index in [-0.39, 0.29) is 5.82 Å². The van der Waals surface area contributed by atoms with Crippen LogP contribution in [-0.2, 0) is 0 Å². The van der Waals surface area contributed by atoms with Gasteiger partial charge >= 0.3 is 0 Å². The zero-order valence-corrected chi connectivity index (χ0v) is 14.4. The molecule has 4 aromatic rings. The molecule has 1 aromatic carbocycles. The molecule has 0 bridgehead atoms. The van der Waals surface area contributed by atoms with Crippen LogP contribution in [0, 0.1) is 5.82 Å². The first kappa shape index (κ1) is 15.9. The quantitative estimate of drug-likeness (QED) is 0.516. The molecule has 0 unspecified atom stereocenters. The van der Waals surface area contributed by atoms with Crippen molar-refractivity contribution in [2.75, 3.05) is 0 Å². The van der Waals surface area contributed by atoms with Gasteiger partial charge in [-0.15, -0.1) is 10.2 Å². The van der Waals surface area contributed by atoms with E-state index in [0.29, 0.717) is 34.7 Å². The van der Waals surface area contributed by atoms with Gasteiger partial charge in [0.2, 0.25) is 5.89 Å². The van der Waals surface area contributed by atoms with Gasteiger partial charge in [-0.2, -0.15) is 0 Å². The van der Waals surface area contributed by atoms with Crippen molar-refractivity contribution in [3.8, 4) is 17.2 Å². The summed E-state index contributed by atoms with van der Waals surface area (Å²) >= 11 is 0. The molecule has 3 aromatic heterocycles. The highest BCUT2D eigenvalue weighted by Crippen LogP contribution is 2.42. The maximum absolute atomic E-state index is 13.0. The average Bonchev–Trinajstić information content (AvgIpc) is 3.24. The second kappa shape index (κ2) is 6.15. The second-order valence-electron chi connectivity index (χ2n) is 6.58. The molecule has 5 rings (SSSR count). The third kappa shape index (κ3) is 3.03. The molecule has 3 heterocycles. The Balaban J connectivity index is 1.40. The maximum Gasteiger partial charge on any atom is 0.257 e. The van der Waals surface area contributed by atoms with E-state index >= 15 is 0 Å². The number of ether oxygens (including phenoxy) is 1. The highest BCUT2D eigenvalue weighted by molar-refractivity contribution is 5.81. The summed E-state index contributed by atoms with van der Waals surface area (Å²) in [7, 11) is 0. The van der Waals surface area contributed by atoms with Gasteiger partial charge in [0.25, 0.3) is 11.6 Å². The fourth-order valence-corrected chi connectivity index (χ4v) is 2.90. The second-order valence-corrected chi connectivity index (χ2v) is 6.58. The van der Waals surface area contributed by atoms with Gasteiger partial charge in [0.15, 0.2) is 6.10 Å². The summed E-state index contributed by atoms with van der Waals surface area (Å²) in [6.45, 7) is 1.79. The van der Waals surface area contributed by atoms with E-state index in [0.717, 1.165) is 23.9 Å². The van der Waals surface area contributed by atoms with Crippen molar-refractivity contribution in [1.29, 1.82) is 0 Å². The minimum absolute atomic E-state index is 0.321. The standard InChI is InChI=1S/C19H15FN4O3/c1-10(25-14-6-4-13(20)5-7-14)17-22-23-18(26-17)12-8-15-16(11-2-3-11)24-27-19(15)21-9-12/h4-11H,2-3H2,1H3/t10-/m0/s1. The van der Waals surface area contributed by atoms with Gasteiger partial charge in [-0.05, 0) is 50.1 Å². The van der Waals surface area contributed by atoms with Gasteiger partial charge in [0.05, 0.1) is 16.6 Å². The Labute approximate surface area is 153 Å². The summed E-state index contributed by atoms with van der Waals surface area (Å²) in [4.78, 5) is 4.29. The predicted octanol–water partition coefficient (Wildman–Crippen LogP) is 4.43. The van der Waals surface area contributed by atoms with Crippen LogP contribution in [0.5, 0.6) is 5.75 Å². The van der Waals surface area contributed by atoms with E-state index in [1.165, 1.54) is 12.1 Å². The number of nitrogens with zero attached hydrogens (tertiary/aromatic N) is 4. The lowest BCUT2D eigenvalue weighted by Crippen LogP contribution is -2.03. The Bertz CT molecular complexity index is 1100.